The van der Waals surface area contributed by atoms with Crippen molar-refractivity contribution in [3.63, 3.8) is 0 Å². The Bertz CT molecular complexity index is 1230. The normalized spacial score (nSPS) is 14.0. The second kappa shape index (κ2) is 8.29. The van der Waals surface area contributed by atoms with E-state index < -0.39 is 0 Å². The molecule has 1 aliphatic heterocycles. The van der Waals surface area contributed by atoms with Gasteiger partial charge in [-0.25, -0.2) is 15.0 Å². The lowest BCUT2D eigenvalue weighted by molar-refractivity contribution is 0.102. The van der Waals surface area contributed by atoms with E-state index in [9.17, 15) is 4.79 Å². The van der Waals surface area contributed by atoms with Gasteiger partial charge in [0.05, 0.1) is 29.1 Å². The molecule has 4 heterocycles. The van der Waals surface area contributed by atoms with Gasteiger partial charge < -0.3 is 20.7 Å². The molecule has 1 fully saturated rings. The third kappa shape index (κ3) is 4.18. The molecule has 1 aliphatic rings. The molecule has 5 rings (SSSR count). The van der Waals surface area contributed by atoms with Gasteiger partial charge in [-0.3, -0.25) is 4.79 Å². The molecule has 3 N–H and O–H groups in total. The molecule has 3 aromatic heterocycles. The number of amides is 1. The number of morpholine rings is 1. The van der Waals surface area contributed by atoms with E-state index in [1.165, 1.54) is 0 Å². The first kappa shape index (κ1) is 19.4. The van der Waals surface area contributed by atoms with Crippen molar-refractivity contribution >= 4 is 44.1 Å². The van der Waals surface area contributed by atoms with Crippen LogP contribution in [0, 0.1) is 0 Å². The van der Waals surface area contributed by atoms with Gasteiger partial charge in [0, 0.05) is 30.5 Å². The summed E-state index contributed by atoms with van der Waals surface area (Å²) in [5.74, 6) is 0.153. The lowest BCUT2D eigenvalue weighted by atomic mass is 10.1. The number of hydrogen-bond donors (Lipinski definition) is 2. The van der Waals surface area contributed by atoms with E-state index in [-0.39, 0.29) is 5.91 Å². The maximum atomic E-state index is 12.8. The minimum absolute atomic E-state index is 0.284. The van der Waals surface area contributed by atoms with Crippen LogP contribution in [-0.2, 0) is 4.74 Å². The van der Waals surface area contributed by atoms with Crippen molar-refractivity contribution in [1.29, 1.82) is 0 Å². The van der Waals surface area contributed by atoms with E-state index in [0.29, 0.717) is 22.9 Å². The Morgan fingerprint density at radius 1 is 1.10 bits per heavy atom. The zero-order chi connectivity index (χ0) is 21.2. The van der Waals surface area contributed by atoms with Crippen LogP contribution in [0.2, 0.25) is 0 Å². The SMILES string of the molecule is Nc1ccc(-c2cccc(C(=O)Nc3ccc4sc(N5CCOCC5)nc4c3)n2)cn1. The Morgan fingerprint density at radius 3 is 2.77 bits per heavy atom. The second-order valence-electron chi connectivity index (χ2n) is 7.11. The first-order valence-corrected chi connectivity index (χ1v) is 10.7. The summed E-state index contributed by atoms with van der Waals surface area (Å²) < 4.78 is 6.49. The highest BCUT2D eigenvalue weighted by Gasteiger charge is 2.16. The molecule has 0 saturated carbocycles. The number of benzene rings is 1. The topological polar surface area (TPSA) is 106 Å². The van der Waals surface area contributed by atoms with Gasteiger partial charge in [0.1, 0.15) is 11.5 Å². The van der Waals surface area contributed by atoms with Gasteiger partial charge >= 0.3 is 0 Å². The quantitative estimate of drug-likeness (QED) is 0.509. The Hall–Kier alpha value is -3.56. The van der Waals surface area contributed by atoms with Crippen molar-refractivity contribution in [1.82, 2.24) is 15.0 Å². The summed E-state index contributed by atoms with van der Waals surface area (Å²) in [5.41, 5.74) is 8.96. The van der Waals surface area contributed by atoms with E-state index in [1.807, 2.05) is 30.3 Å². The number of pyridine rings is 2. The number of nitrogens with zero attached hydrogens (tertiary/aromatic N) is 4. The van der Waals surface area contributed by atoms with Crippen LogP contribution in [-0.4, -0.2) is 47.2 Å². The largest absolute Gasteiger partial charge is 0.384 e. The molecular weight excluding hydrogens is 412 g/mol. The van der Waals surface area contributed by atoms with Crippen LogP contribution in [0.3, 0.4) is 0 Å². The van der Waals surface area contributed by atoms with Crippen molar-refractivity contribution in [2.75, 3.05) is 42.3 Å². The summed E-state index contributed by atoms with van der Waals surface area (Å²) in [6, 6.07) is 14.6. The predicted octanol–water partition coefficient (Wildman–Crippen LogP) is 3.42. The summed E-state index contributed by atoms with van der Waals surface area (Å²) in [6.07, 6.45) is 1.64. The minimum atomic E-state index is -0.284. The van der Waals surface area contributed by atoms with Gasteiger partial charge in [-0.1, -0.05) is 17.4 Å². The molecule has 0 spiro atoms. The highest BCUT2D eigenvalue weighted by atomic mass is 32.1. The fourth-order valence-corrected chi connectivity index (χ4v) is 4.35. The summed E-state index contributed by atoms with van der Waals surface area (Å²) in [4.78, 5) is 28.3. The van der Waals surface area contributed by atoms with E-state index in [1.54, 1.807) is 35.7 Å². The van der Waals surface area contributed by atoms with Crippen LogP contribution in [0.1, 0.15) is 10.5 Å². The number of ether oxygens (including phenoxy) is 1. The lowest BCUT2D eigenvalue weighted by Crippen LogP contribution is -2.36. The maximum Gasteiger partial charge on any atom is 0.274 e. The van der Waals surface area contributed by atoms with Gasteiger partial charge in [-0.15, -0.1) is 0 Å². The number of hydrogen-bond acceptors (Lipinski definition) is 8. The van der Waals surface area contributed by atoms with Gasteiger partial charge in [-0.05, 0) is 42.5 Å². The summed E-state index contributed by atoms with van der Waals surface area (Å²) in [7, 11) is 0. The molecule has 31 heavy (non-hydrogen) atoms. The third-order valence-electron chi connectivity index (χ3n) is 4.98. The number of thiazole rings is 1. The van der Waals surface area contributed by atoms with Crippen molar-refractivity contribution in [2.24, 2.45) is 0 Å². The molecule has 0 aliphatic carbocycles. The molecule has 0 bridgehead atoms. The van der Waals surface area contributed by atoms with Gasteiger partial charge in [0.15, 0.2) is 5.13 Å². The molecule has 8 nitrogen and oxygen atoms in total. The number of carbonyl (C=O) groups excluding carboxylic acids is 1. The number of nitrogens with two attached hydrogens (primary N) is 1. The lowest BCUT2D eigenvalue weighted by Gasteiger charge is -2.25. The first-order valence-electron chi connectivity index (χ1n) is 9.89. The molecule has 0 unspecified atom stereocenters. The molecule has 1 amide bonds. The summed E-state index contributed by atoms with van der Waals surface area (Å²) in [6.45, 7) is 3.12. The number of fused-ring (bicyclic) bond motifs is 1. The average molecular weight is 433 g/mol. The summed E-state index contributed by atoms with van der Waals surface area (Å²) >= 11 is 1.65. The van der Waals surface area contributed by atoms with Gasteiger partial charge in [0.2, 0.25) is 0 Å². The van der Waals surface area contributed by atoms with Crippen molar-refractivity contribution < 1.29 is 9.53 Å². The Labute approximate surface area is 182 Å². The molecule has 0 radical (unpaired) electrons. The van der Waals surface area contributed by atoms with Gasteiger partial charge in [-0.2, -0.15) is 0 Å². The summed E-state index contributed by atoms with van der Waals surface area (Å²) in [5, 5.41) is 3.90. The average Bonchev–Trinajstić information content (AvgIpc) is 3.24. The third-order valence-corrected chi connectivity index (χ3v) is 6.08. The van der Waals surface area contributed by atoms with E-state index in [2.05, 4.69) is 20.2 Å². The molecule has 9 heteroatoms. The van der Waals surface area contributed by atoms with E-state index in [4.69, 9.17) is 15.5 Å². The molecule has 0 atom stereocenters. The van der Waals surface area contributed by atoms with Crippen molar-refractivity contribution in [3.05, 3.63) is 60.4 Å². The second-order valence-corrected chi connectivity index (χ2v) is 8.12. The zero-order valence-corrected chi connectivity index (χ0v) is 17.4. The number of rotatable bonds is 4. The van der Waals surface area contributed by atoms with Crippen molar-refractivity contribution in [3.8, 4) is 11.3 Å². The monoisotopic (exact) mass is 432 g/mol. The number of anilines is 3. The maximum absolute atomic E-state index is 12.8. The van der Waals surface area contributed by atoms with Crippen LogP contribution in [0.4, 0.5) is 16.6 Å². The van der Waals surface area contributed by atoms with Crippen LogP contribution < -0.4 is 16.0 Å². The van der Waals surface area contributed by atoms with Gasteiger partial charge in [0.25, 0.3) is 5.91 Å². The molecule has 1 saturated heterocycles. The highest BCUT2D eigenvalue weighted by molar-refractivity contribution is 7.22. The van der Waals surface area contributed by atoms with Crippen LogP contribution in [0.15, 0.2) is 54.7 Å². The Morgan fingerprint density at radius 2 is 1.97 bits per heavy atom. The molecular formula is C22H20N6O2S. The molecule has 156 valence electrons. The highest BCUT2D eigenvalue weighted by Crippen LogP contribution is 2.31. The van der Waals surface area contributed by atoms with Crippen molar-refractivity contribution in [2.45, 2.75) is 0 Å². The van der Waals surface area contributed by atoms with Crippen LogP contribution in [0.5, 0.6) is 0 Å². The number of carbonyl (C=O) groups is 1. The standard InChI is InChI=1S/C22H20N6O2S/c23-20-7-4-14(13-24-20)16-2-1-3-17(26-16)21(29)25-15-5-6-19-18(12-15)27-22(31-19)28-8-10-30-11-9-28/h1-7,12-13H,8-11H2,(H2,23,24)(H,25,29). The predicted molar refractivity (Wildman–Crippen MR) is 122 cm³/mol. The van der Waals surface area contributed by atoms with Crippen LogP contribution >= 0.6 is 11.3 Å². The fraction of sp³-hybridized carbons (Fsp3) is 0.182. The fourth-order valence-electron chi connectivity index (χ4n) is 3.36. The zero-order valence-electron chi connectivity index (χ0n) is 16.6. The molecule has 1 aromatic carbocycles. The number of aromatic nitrogens is 3. The Kier molecular flexibility index (Phi) is 5.19. The first-order chi connectivity index (χ1) is 15.2. The smallest absolute Gasteiger partial charge is 0.274 e. The van der Waals surface area contributed by atoms with E-state index in [0.717, 1.165) is 47.2 Å². The number of nitrogens with one attached hydrogen (secondary N) is 1. The van der Waals surface area contributed by atoms with E-state index >= 15 is 0 Å². The Balaban J connectivity index is 1.35. The number of nitrogen functional groups attached to an aromatic ring is 1. The minimum Gasteiger partial charge on any atom is -0.384 e. The molecule has 4 aromatic rings. The van der Waals surface area contributed by atoms with Crippen LogP contribution in [0.25, 0.3) is 21.5 Å².